The zero-order chi connectivity index (χ0) is 22.4. The summed E-state index contributed by atoms with van der Waals surface area (Å²) in [6.45, 7) is 5.29. The first-order valence-corrected chi connectivity index (χ1v) is 11.2. The number of carbonyl (C=O) groups is 1. The van der Waals surface area contributed by atoms with Gasteiger partial charge in [-0.05, 0) is 35.6 Å². The molecule has 0 bridgehead atoms. The Kier molecular flexibility index (Phi) is 7.75. The van der Waals surface area contributed by atoms with Crippen LogP contribution in [0.3, 0.4) is 0 Å². The van der Waals surface area contributed by atoms with Gasteiger partial charge in [0.15, 0.2) is 0 Å². The lowest BCUT2D eigenvalue weighted by Crippen LogP contribution is -2.25. The molecular formula is C25H29ClN2O3. The van der Waals surface area contributed by atoms with Crippen LogP contribution in [0.5, 0.6) is 0 Å². The van der Waals surface area contributed by atoms with Gasteiger partial charge in [0.05, 0.1) is 17.8 Å². The highest BCUT2D eigenvalue weighted by Crippen LogP contribution is 2.25. The summed E-state index contributed by atoms with van der Waals surface area (Å²) < 4.78 is 3.47. The fourth-order valence-electron chi connectivity index (χ4n) is 3.86. The van der Waals surface area contributed by atoms with Gasteiger partial charge in [0.2, 0.25) is 0 Å². The van der Waals surface area contributed by atoms with E-state index in [0.29, 0.717) is 23.8 Å². The lowest BCUT2D eigenvalue weighted by atomic mass is 9.99. The Bertz CT molecular complexity index is 1100. The van der Waals surface area contributed by atoms with E-state index in [4.69, 9.17) is 11.6 Å². The Morgan fingerprint density at radius 1 is 0.968 bits per heavy atom. The Labute approximate surface area is 187 Å². The van der Waals surface area contributed by atoms with Gasteiger partial charge >= 0.3 is 11.7 Å². The minimum atomic E-state index is -0.950. The number of aromatic carboxylic acids is 1. The summed E-state index contributed by atoms with van der Waals surface area (Å²) in [6.07, 6.45) is 4.74. The second kappa shape index (κ2) is 10.5. The first kappa shape index (κ1) is 22.9. The van der Waals surface area contributed by atoms with Gasteiger partial charge in [-0.2, -0.15) is 0 Å². The molecule has 3 aromatic rings. The normalized spacial score (nSPS) is 11.1. The summed E-state index contributed by atoms with van der Waals surface area (Å²) in [5, 5.41) is 9.99. The molecule has 0 radical (unpaired) electrons. The van der Waals surface area contributed by atoms with Crippen LogP contribution in [0.15, 0.2) is 53.3 Å². The molecule has 3 rings (SSSR count). The fourth-order valence-corrected chi connectivity index (χ4v) is 4.21. The third kappa shape index (κ3) is 5.10. The van der Waals surface area contributed by atoms with Crippen molar-refractivity contribution in [2.24, 2.45) is 0 Å². The second-order valence-corrected chi connectivity index (χ2v) is 8.12. The molecule has 2 aromatic carbocycles. The number of nitrogens with zero attached hydrogens (tertiary/aromatic N) is 2. The zero-order valence-electron chi connectivity index (χ0n) is 18.1. The number of aromatic nitrogens is 2. The topological polar surface area (TPSA) is 64.2 Å². The lowest BCUT2D eigenvalue weighted by molar-refractivity contribution is 0.0697. The molecule has 1 aromatic heterocycles. The molecule has 0 aliphatic carbocycles. The number of hydrogen-bond acceptors (Lipinski definition) is 2. The van der Waals surface area contributed by atoms with Crippen LogP contribution >= 0.6 is 11.6 Å². The van der Waals surface area contributed by atoms with Gasteiger partial charge in [0.25, 0.3) is 0 Å². The van der Waals surface area contributed by atoms with Gasteiger partial charge in [-0.1, -0.05) is 87.2 Å². The minimum absolute atomic E-state index is 0.0650. The number of imidazole rings is 1. The molecule has 0 saturated carbocycles. The fraction of sp³-hybridized carbons (Fsp3) is 0.360. The molecule has 1 N–H and O–H groups in total. The Hall–Kier alpha value is -2.79. The van der Waals surface area contributed by atoms with Crippen LogP contribution in [0.2, 0.25) is 5.15 Å². The number of hydrogen-bond donors (Lipinski definition) is 1. The van der Waals surface area contributed by atoms with E-state index in [1.807, 2.05) is 30.3 Å². The molecule has 1 heterocycles. The van der Waals surface area contributed by atoms with Crippen molar-refractivity contribution in [3.8, 4) is 11.1 Å². The average molecular weight is 441 g/mol. The number of benzene rings is 2. The van der Waals surface area contributed by atoms with E-state index in [9.17, 15) is 14.7 Å². The van der Waals surface area contributed by atoms with Crippen molar-refractivity contribution in [2.45, 2.75) is 59.0 Å². The maximum Gasteiger partial charge on any atom is 0.336 e. The molecule has 0 unspecified atom stereocenters. The van der Waals surface area contributed by atoms with Crippen LogP contribution in [-0.2, 0) is 19.5 Å². The van der Waals surface area contributed by atoms with Crippen LogP contribution in [-0.4, -0.2) is 20.2 Å². The van der Waals surface area contributed by atoms with Crippen LogP contribution in [0, 0.1) is 0 Å². The van der Waals surface area contributed by atoms with Crippen molar-refractivity contribution < 1.29 is 9.90 Å². The van der Waals surface area contributed by atoms with E-state index in [2.05, 4.69) is 13.8 Å². The van der Waals surface area contributed by atoms with E-state index in [-0.39, 0.29) is 11.3 Å². The van der Waals surface area contributed by atoms with Crippen LogP contribution in [0.4, 0.5) is 0 Å². The Morgan fingerprint density at radius 2 is 1.68 bits per heavy atom. The lowest BCUT2D eigenvalue weighted by Gasteiger charge is -2.09. The monoisotopic (exact) mass is 440 g/mol. The second-order valence-electron chi connectivity index (χ2n) is 7.76. The largest absolute Gasteiger partial charge is 0.478 e. The molecule has 0 spiro atoms. The van der Waals surface area contributed by atoms with Crippen molar-refractivity contribution in [1.29, 1.82) is 0 Å². The quantitative estimate of drug-likeness (QED) is 0.401. The van der Waals surface area contributed by atoms with Crippen LogP contribution < -0.4 is 5.69 Å². The van der Waals surface area contributed by atoms with E-state index in [1.165, 1.54) is 0 Å². The van der Waals surface area contributed by atoms with Gasteiger partial charge in [-0.25, -0.2) is 9.59 Å². The van der Waals surface area contributed by atoms with E-state index in [1.54, 1.807) is 27.3 Å². The van der Waals surface area contributed by atoms with Gasteiger partial charge in [0.1, 0.15) is 5.15 Å². The Balaban J connectivity index is 1.90. The van der Waals surface area contributed by atoms with E-state index in [0.717, 1.165) is 48.9 Å². The van der Waals surface area contributed by atoms with Crippen molar-refractivity contribution in [2.75, 3.05) is 0 Å². The van der Waals surface area contributed by atoms with Crippen molar-refractivity contribution >= 4 is 17.6 Å². The third-order valence-electron chi connectivity index (χ3n) is 5.50. The van der Waals surface area contributed by atoms with Gasteiger partial charge in [0, 0.05) is 6.54 Å². The van der Waals surface area contributed by atoms with Gasteiger partial charge in [-0.3, -0.25) is 9.13 Å². The van der Waals surface area contributed by atoms with Crippen LogP contribution in [0.1, 0.15) is 61.1 Å². The number of halogens is 1. The highest BCUT2D eigenvalue weighted by Gasteiger charge is 2.18. The Morgan fingerprint density at radius 3 is 2.32 bits per heavy atom. The summed E-state index contributed by atoms with van der Waals surface area (Å²) in [5.74, 6) is -0.950. The third-order valence-corrected chi connectivity index (χ3v) is 5.92. The molecule has 0 amide bonds. The van der Waals surface area contributed by atoms with Gasteiger partial charge < -0.3 is 5.11 Å². The predicted molar refractivity (Wildman–Crippen MR) is 125 cm³/mol. The summed E-state index contributed by atoms with van der Waals surface area (Å²) in [6, 6.07) is 14.7. The standard InChI is InChI=1S/C25H29ClN2O3/c1-3-5-8-16-27-23(26)22(9-4-2)28(25(27)31)17-18-12-14-19(15-13-18)20-10-6-7-11-21(20)24(29)30/h6-7,10-15H,3-5,8-9,16-17H2,1-2H3,(H,29,30). The molecule has 6 heteroatoms. The molecule has 164 valence electrons. The molecule has 0 saturated heterocycles. The number of unbranched alkanes of at least 4 members (excludes halogenated alkanes) is 2. The first-order chi connectivity index (χ1) is 15.0. The van der Waals surface area contributed by atoms with E-state index < -0.39 is 5.97 Å². The maximum absolute atomic E-state index is 13.1. The molecule has 0 fully saturated rings. The summed E-state index contributed by atoms with van der Waals surface area (Å²) in [4.78, 5) is 24.6. The SMILES string of the molecule is CCCCCn1c(Cl)c(CCC)n(Cc2ccc(-c3ccccc3C(=O)O)cc2)c1=O. The highest BCUT2D eigenvalue weighted by molar-refractivity contribution is 6.30. The van der Waals surface area contributed by atoms with Crippen LogP contribution in [0.25, 0.3) is 11.1 Å². The van der Waals surface area contributed by atoms with Crippen molar-refractivity contribution in [3.05, 3.63) is 81.0 Å². The average Bonchev–Trinajstić information content (AvgIpc) is 2.99. The number of carboxylic acids is 1. The first-order valence-electron chi connectivity index (χ1n) is 10.9. The molecule has 0 aliphatic heterocycles. The molecule has 0 aliphatic rings. The molecular weight excluding hydrogens is 412 g/mol. The number of rotatable bonds is 10. The summed E-state index contributed by atoms with van der Waals surface area (Å²) >= 11 is 6.60. The minimum Gasteiger partial charge on any atom is -0.478 e. The van der Waals surface area contributed by atoms with E-state index >= 15 is 0 Å². The predicted octanol–water partition coefficient (Wildman–Crippen LogP) is 5.86. The molecule has 0 atom stereocenters. The maximum atomic E-state index is 13.1. The smallest absolute Gasteiger partial charge is 0.336 e. The van der Waals surface area contributed by atoms with Crippen molar-refractivity contribution in [1.82, 2.24) is 9.13 Å². The van der Waals surface area contributed by atoms with Crippen molar-refractivity contribution in [3.63, 3.8) is 0 Å². The van der Waals surface area contributed by atoms with Gasteiger partial charge in [-0.15, -0.1) is 0 Å². The number of carboxylic acid groups (broad SMARTS) is 1. The summed E-state index contributed by atoms with van der Waals surface area (Å²) in [5.41, 5.74) is 3.57. The highest BCUT2D eigenvalue weighted by atomic mass is 35.5. The molecule has 5 nitrogen and oxygen atoms in total. The summed E-state index contributed by atoms with van der Waals surface area (Å²) in [7, 11) is 0. The molecule has 31 heavy (non-hydrogen) atoms. The zero-order valence-corrected chi connectivity index (χ0v) is 18.9.